The van der Waals surface area contributed by atoms with Gasteiger partial charge < -0.3 is 15.0 Å². The van der Waals surface area contributed by atoms with Crippen LogP contribution in [0.2, 0.25) is 0 Å². The lowest BCUT2D eigenvalue weighted by Crippen LogP contribution is -2.39. The fourth-order valence-corrected chi connectivity index (χ4v) is 2.06. The molecule has 1 N–H and O–H groups in total. The number of nitrogens with zero attached hydrogens (tertiary/aromatic N) is 1. The molecule has 1 fully saturated rings. The molecule has 98 valence electrons. The number of methoxy groups -OCH3 is 1. The van der Waals surface area contributed by atoms with Crippen molar-refractivity contribution >= 4 is 11.8 Å². The van der Waals surface area contributed by atoms with Crippen LogP contribution >= 0.6 is 0 Å². The molecule has 1 aliphatic heterocycles. The normalized spacial score (nSPS) is 21.7. The minimum Gasteiger partial charge on any atom is -0.383 e. The minimum absolute atomic E-state index is 0.00711. The largest absolute Gasteiger partial charge is 0.383 e. The first kappa shape index (κ1) is 14.0. The molecular formula is C12H22N2O3. The highest BCUT2D eigenvalue weighted by molar-refractivity contribution is 5.89. The molecule has 2 atom stereocenters. The van der Waals surface area contributed by atoms with Gasteiger partial charge in [-0.3, -0.25) is 9.59 Å². The van der Waals surface area contributed by atoms with Crippen LogP contribution in [0.4, 0.5) is 0 Å². The van der Waals surface area contributed by atoms with E-state index in [0.717, 1.165) is 6.42 Å². The van der Waals surface area contributed by atoms with Crippen LogP contribution in [0.5, 0.6) is 0 Å². The maximum absolute atomic E-state index is 11.8. The first-order valence-electron chi connectivity index (χ1n) is 6.16. The summed E-state index contributed by atoms with van der Waals surface area (Å²) in [6.07, 6.45) is 1.24. The van der Waals surface area contributed by atoms with E-state index in [0.29, 0.717) is 26.1 Å². The zero-order chi connectivity index (χ0) is 12.8. The molecule has 1 heterocycles. The van der Waals surface area contributed by atoms with Crippen LogP contribution < -0.4 is 5.32 Å². The van der Waals surface area contributed by atoms with E-state index < -0.39 is 0 Å². The Balaban J connectivity index is 2.48. The summed E-state index contributed by atoms with van der Waals surface area (Å²) >= 11 is 0. The Morgan fingerprint density at radius 1 is 1.65 bits per heavy atom. The fraction of sp³-hybridized carbons (Fsp3) is 0.833. The second kappa shape index (κ2) is 6.59. The molecule has 17 heavy (non-hydrogen) atoms. The van der Waals surface area contributed by atoms with Crippen LogP contribution in [0.1, 0.15) is 26.7 Å². The summed E-state index contributed by atoms with van der Waals surface area (Å²) in [4.78, 5) is 25.3. The van der Waals surface area contributed by atoms with Gasteiger partial charge in [-0.2, -0.15) is 0 Å². The van der Waals surface area contributed by atoms with Gasteiger partial charge in [0.05, 0.1) is 18.6 Å². The summed E-state index contributed by atoms with van der Waals surface area (Å²) in [7, 11) is 1.61. The van der Waals surface area contributed by atoms with E-state index in [9.17, 15) is 9.59 Å². The Morgan fingerprint density at radius 2 is 2.35 bits per heavy atom. The third-order valence-electron chi connectivity index (χ3n) is 3.02. The molecule has 2 amide bonds. The highest BCUT2D eigenvalue weighted by atomic mass is 16.5. The van der Waals surface area contributed by atoms with Crippen molar-refractivity contribution in [2.45, 2.75) is 32.7 Å². The van der Waals surface area contributed by atoms with E-state index in [2.05, 4.69) is 5.32 Å². The molecule has 0 unspecified atom stereocenters. The Labute approximate surface area is 102 Å². The van der Waals surface area contributed by atoms with Crippen LogP contribution in [-0.4, -0.2) is 49.6 Å². The van der Waals surface area contributed by atoms with Gasteiger partial charge in [-0.05, 0) is 13.3 Å². The monoisotopic (exact) mass is 242 g/mol. The standard InChI is InChI=1S/C12H22N2O3/c1-4-5-13-12(16)10-6-11(15)14(7-10)9(2)8-17-3/h9-10H,4-8H2,1-3H3,(H,13,16)/t9-,10-/m1/s1. The van der Waals surface area contributed by atoms with Gasteiger partial charge in [0.1, 0.15) is 0 Å². The first-order valence-corrected chi connectivity index (χ1v) is 6.16. The van der Waals surface area contributed by atoms with Crippen molar-refractivity contribution in [3.63, 3.8) is 0 Å². The van der Waals surface area contributed by atoms with Crippen LogP contribution in [0.25, 0.3) is 0 Å². The van der Waals surface area contributed by atoms with Gasteiger partial charge in [0.2, 0.25) is 11.8 Å². The Morgan fingerprint density at radius 3 is 2.94 bits per heavy atom. The number of hydrogen-bond acceptors (Lipinski definition) is 3. The maximum atomic E-state index is 11.8. The van der Waals surface area contributed by atoms with Crippen LogP contribution in [0.15, 0.2) is 0 Å². The quantitative estimate of drug-likeness (QED) is 0.733. The molecule has 0 radical (unpaired) electrons. The van der Waals surface area contributed by atoms with Crippen LogP contribution in [-0.2, 0) is 14.3 Å². The van der Waals surface area contributed by atoms with Crippen molar-refractivity contribution in [3.8, 4) is 0 Å². The van der Waals surface area contributed by atoms with Gasteiger partial charge in [-0.1, -0.05) is 6.92 Å². The van der Waals surface area contributed by atoms with Gasteiger partial charge >= 0.3 is 0 Å². The predicted octanol–water partition coefficient (Wildman–Crippen LogP) is 0.396. The average Bonchev–Trinajstić information content (AvgIpc) is 2.68. The topological polar surface area (TPSA) is 58.6 Å². The smallest absolute Gasteiger partial charge is 0.225 e. The number of nitrogens with one attached hydrogen (secondary N) is 1. The zero-order valence-electron chi connectivity index (χ0n) is 10.9. The summed E-state index contributed by atoms with van der Waals surface area (Å²) in [6.45, 7) is 5.64. The number of rotatable bonds is 6. The maximum Gasteiger partial charge on any atom is 0.225 e. The number of hydrogen-bond donors (Lipinski definition) is 1. The SMILES string of the molecule is CCCNC(=O)[C@@H]1CC(=O)N([C@H](C)COC)C1. The van der Waals surface area contributed by atoms with E-state index >= 15 is 0 Å². The third-order valence-corrected chi connectivity index (χ3v) is 3.02. The Kier molecular flexibility index (Phi) is 5.41. The summed E-state index contributed by atoms with van der Waals surface area (Å²) in [5, 5.41) is 2.84. The summed E-state index contributed by atoms with van der Waals surface area (Å²) in [5.74, 6) is -0.160. The van der Waals surface area contributed by atoms with E-state index in [-0.39, 0.29) is 23.8 Å². The third kappa shape index (κ3) is 3.70. The number of amides is 2. The molecular weight excluding hydrogens is 220 g/mol. The van der Waals surface area contributed by atoms with Crippen molar-refractivity contribution in [2.75, 3.05) is 26.8 Å². The van der Waals surface area contributed by atoms with Crippen molar-refractivity contribution in [1.82, 2.24) is 10.2 Å². The Hall–Kier alpha value is -1.10. The van der Waals surface area contributed by atoms with Crippen molar-refractivity contribution < 1.29 is 14.3 Å². The lowest BCUT2D eigenvalue weighted by molar-refractivity contribution is -0.130. The molecule has 0 aromatic rings. The van der Waals surface area contributed by atoms with Gasteiger partial charge in [0, 0.05) is 26.6 Å². The van der Waals surface area contributed by atoms with Gasteiger partial charge in [-0.15, -0.1) is 0 Å². The number of carbonyl (C=O) groups is 2. The second-order valence-corrected chi connectivity index (χ2v) is 4.54. The van der Waals surface area contributed by atoms with Gasteiger partial charge in [0.15, 0.2) is 0 Å². The van der Waals surface area contributed by atoms with E-state index in [1.165, 1.54) is 0 Å². The lowest BCUT2D eigenvalue weighted by atomic mass is 10.1. The van der Waals surface area contributed by atoms with E-state index in [1.54, 1.807) is 12.0 Å². The van der Waals surface area contributed by atoms with Gasteiger partial charge in [0.25, 0.3) is 0 Å². The molecule has 0 bridgehead atoms. The zero-order valence-corrected chi connectivity index (χ0v) is 10.9. The minimum atomic E-state index is -0.201. The van der Waals surface area contributed by atoms with Crippen molar-refractivity contribution in [3.05, 3.63) is 0 Å². The summed E-state index contributed by atoms with van der Waals surface area (Å²) < 4.78 is 5.03. The van der Waals surface area contributed by atoms with Crippen molar-refractivity contribution in [2.24, 2.45) is 5.92 Å². The molecule has 0 spiro atoms. The van der Waals surface area contributed by atoms with Gasteiger partial charge in [-0.25, -0.2) is 0 Å². The first-order chi connectivity index (χ1) is 8.10. The molecule has 0 aromatic carbocycles. The lowest BCUT2D eigenvalue weighted by Gasteiger charge is -2.23. The molecule has 5 heteroatoms. The highest BCUT2D eigenvalue weighted by Crippen LogP contribution is 2.20. The van der Waals surface area contributed by atoms with Crippen LogP contribution in [0.3, 0.4) is 0 Å². The van der Waals surface area contributed by atoms with Crippen molar-refractivity contribution in [1.29, 1.82) is 0 Å². The molecule has 0 saturated carbocycles. The molecule has 0 aromatic heterocycles. The summed E-state index contributed by atoms with van der Waals surface area (Å²) in [5.41, 5.74) is 0. The van der Waals surface area contributed by atoms with E-state index in [1.807, 2.05) is 13.8 Å². The molecule has 1 rings (SSSR count). The molecule has 5 nitrogen and oxygen atoms in total. The molecule has 1 saturated heterocycles. The summed E-state index contributed by atoms with van der Waals surface area (Å²) in [6, 6.07) is 0.0384. The average molecular weight is 242 g/mol. The fourth-order valence-electron chi connectivity index (χ4n) is 2.06. The number of ether oxygens (including phenoxy) is 1. The van der Waals surface area contributed by atoms with E-state index in [4.69, 9.17) is 4.74 Å². The molecule has 1 aliphatic rings. The second-order valence-electron chi connectivity index (χ2n) is 4.54. The van der Waals surface area contributed by atoms with Crippen LogP contribution in [0, 0.1) is 5.92 Å². The number of carbonyl (C=O) groups excluding carboxylic acids is 2. The predicted molar refractivity (Wildman–Crippen MR) is 64.5 cm³/mol. The molecule has 0 aliphatic carbocycles. The Bertz CT molecular complexity index is 279. The highest BCUT2D eigenvalue weighted by Gasteiger charge is 2.36. The number of likely N-dealkylation sites (tertiary alicyclic amines) is 1.